The van der Waals surface area contributed by atoms with Gasteiger partial charge >= 0.3 is 6.18 Å². The smallest absolute Gasteiger partial charge is 0.418 e. The molecule has 0 unspecified atom stereocenters. The number of benzene rings is 2. The van der Waals surface area contributed by atoms with E-state index in [2.05, 4.69) is 5.32 Å². The Morgan fingerprint density at radius 3 is 2.35 bits per heavy atom. The minimum atomic E-state index is -4.43. The zero-order valence-electron chi connectivity index (χ0n) is 10.7. The van der Waals surface area contributed by atoms with Crippen LogP contribution >= 0.6 is 0 Å². The fraction of sp³-hybridized carbons (Fsp3) is 0.143. The zero-order valence-corrected chi connectivity index (χ0v) is 10.7. The van der Waals surface area contributed by atoms with Gasteiger partial charge in [0.05, 0.1) is 29.7 Å². The third-order valence-corrected chi connectivity index (χ3v) is 2.76. The normalized spacial score (nSPS) is 11.2. The van der Waals surface area contributed by atoms with Crippen LogP contribution in [0.4, 0.5) is 30.2 Å². The average Bonchev–Trinajstić information content (AvgIpc) is 2.40. The molecule has 2 rings (SSSR count). The van der Waals surface area contributed by atoms with Crippen molar-refractivity contribution in [2.24, 2.45) is 0 Å². The van der Waals surface area contributed by atoms with Crippen LogP contribution in [0.3, 0.4) is 0 Å². The number of nitrogens with two attached hydrogens (primary N) is 1. The summed E-state index contributed by atoms with van der Waals surface area (Å²) in [6.45, 7) is 0. The maximum absolute atomic E-state index is 12.9. The summed E-state index contributed by atoms with van der Waals surface area (Å²) in [6, 6.07) is 9.96. The van der Waals surface area contributed by atoms with E-state index in [1.54, 1.807) is 18.2 Å². The van der Waals surface area contributed by atoms with Crippen LogP contribution in [0.15, 0.2) is 42.5 Å². The predicted molar refractivity (Wildman–Crippen MR) is 72.1 cm³/mol. The van der Waals surface area contributed by atoms with Crippen molar-refractivity contribution < 1.29 is 17.9 Å². The van der Waals surface area contributed by atoms with Crippen LogP contribution in [-0.4, -0.2) is 7.11 Å². The molecule has 0 saturated carbocycles. The monoisotopic (exact) mass is 282 g/mol. The lowest BCUT2D eigenvalue weighted by molar-refractivity contribution is -0.136. The molecule has 0 amide bonds. The summed E-state index contributed by atoms with van der Waals surface area (Å²) in [6.07, 6.45) is -4.43. The first-order valence-electron chi connectivity index (χ1n) is 5.78. The van der Waals surface area contributed by atoms with Gasteiger partial charge in [0.15, 0.2) is 0 Å². The van der Waals surface area contributed by atoms with Crippen molar-refractivity contribution in [1.29, 1.82) is 0 Å². The fourth-order valence-electron chi connectivity index (χ4n) is 1.77. The minimum absolute atomic E-state index is 0.0446. The standard InChI is InChI=1S/C14H13F3N2O/c1-20-9-6-7-13(11(18)8-9)19-12-5-3-2-4-10(12)14(15,16)17/h2-8,19H,18H2,1H3. The number of alkyl halides is 3. The summed E-state index contributed by atoms with van der Waals surface area (Å²) in [5.41, 5.74) is 5.69. The second-order valence-corrected chi connectivity index (χ2v) is 4.12. The molecule has 0 bridgehead atoms. The van der Waals surface area contributed by atoms with Crippen LogP contribution in [-0.2, 0) is 6.18 Å². The van der Waals surface area contributed by atoms with Gasteiger partial charge in [-0.05, 0) is 24.3 Å². The number of hydrogen-bond donors (Lipinski definition) is 2. The molecule has 0 fully saturated rings. The number of para-hydroxylation sites is 1. The minimum Gasteiger partial charge on any atom is -0.497 e. The van der Waals surface area contributed by atoms with Crippen molar-refractivity contribution in [3.05, 3.63) is 48.0 Å². The summed E-state index contributed by atoms with van der Waals surface area (Å²) < 4.78 is 43.6. The number of hydrogen-bond acceptors (Lipinski definition) is 3. The van der Waals surface area contributed by atoms with Crippen LogP contribution in [0.2, 0.25) is 0 Å². The number of halogens is 3. The Kier molecular flexibility index (Phi) is 3.74. The number of rotatable bonds is 3. The highest BCUT2D eigenvalue weighted by Crippen LogP contribution is 2.37. The Morgan fingerprint density at radius 1 is 1.05 bits per heavy atom. The highest BCUT2D eigenvalue weighted by molar-refractivity contribution is 5.75. The average molecular weight is 282 g/mol. The summed E-state index contributed by atoms with van der Waals surface area (Å²) in [5.74, 6) is 0.539. The van der Waals surface area contributed by atoms with Crippen molar-refractivity contribution in [1.82, 2.24) is 0 Å². The van der Waals surface area contributed by atoms with Gasteiger partial charge in [-0.15, -0.1) is 0 Å². The number of ether oxygens (including phenoxy) is 1. The molecule has 0 aliphatic carbocycles. The Hall–Kier alpha value is -2.37. The largest absolute Gasteiger partial charge is 0.497 e. The van der Waals surface area contributed by atoms with Crippen LogP contribution < -0.4 is 15.8 Å². The van der Waals surface area contributed by atoms with E-state index in [0.29, 0.717) is 17.1 Å². The summed E-state index contributed by atoms with van der Waals surface area (Å²) in [4.78, 5) is 0. The van der Waals surface area contributed by atoms with Crippen LogP contribution in [0.25, 0.3) is 0 Å². The molecule has 3 nitrogen and oxygen atoms in total. The molecule has 2 aromatic carbocycles. The molecule has 2 aromatic rings. The first kappa shape index (κ1) is 14.0. The van der Waals surface area contributed by atoms with Crippen LogP contribution in [0, 0.1) is 0 Å². The van der Waals surface area contributed by atoms with E-state index in [4.69, 9.17) is 10.5 Å². The van der Waals surface area contributed by atoms with E-state index < -0.39 is 11.7 Å². The van der Waals surface area contributed by atoms with Crippen molar-refractivity contribution in [3.63, 3.8) is 0 Å². The third-order valence-electron chi connectivity index (χ3n) is 2.76. The van der Waals surface area contributed by atoms with E-state index in [0.717, 1.165) is 6.07 Å². The van der Waals surface area contributed by atoms with Gasteiger partial charge in [-0.25, -0.2) is 0 Å². The first-order valence-corrected chi connectivity index (χ1v) is 5.78. The van der Waals surface area contributed by atoms with Gasteiger partial charge in [0.25, 0.3) is 0 Å². The van der Waals surface area contributed by atoms with Gasteiger partial charge in [0.2, 0.25) is 0 Å². The molecular weight excluding hydrogens is 269 g/mol. The number of nitrogen functional groups attached to an aromatic ring is 1. The van der Waals surface area contributed by atoms with Gasteiger partial charge in [0, 0.05) is 6.07 Å². The quantitative estimate of drug-likeness (QED) is 0.835. The molecule has 0 atom stereocenters. The SMILES string of the molecule is COc1ccc(Nc2ccccc2C(F)(F)F)c(N)c1. The molecule has 3 N–H and O–H groups in total. The highest BCUT2D eigenvalue weighted by Gasteiger charge is 2.33. The second kappa shape index (κ2) is 5.32. The van der Waals surface area contributed by atoms with Gasteiger partial charge in [-0.3, -0.25) is 0 Å². The van der Waals surface area contributed by atoms with Crippen molar-refractivity contribution in [2.75, 3.05) is 18.2 Å². The summed E-state index contributed by atoms with van der Waals surface area (Å²) in [7, 11) is 1.49. The molecule has 20 heavy (non-hydrogen) atoms. The molecule has 0 saturated heterocycles. The number of anilines is 3. The van der Waals surface area contributed by atoms with Crippen molar-refractivity contribution in [2.45, 2.75) is 6.18 Å². The first-order chi connectivity index (χ1) is 9.41. The van der Waals surface area contributed by atoms with E-state index in [-0.39, 0.29) is 5.69 Å². The Morgan fingerprint density at radius 2 is 1.75 bits per heavy atom. The van der Waals surface area contributed by atoms with E-state index >= 15 is 0 Å². The molecule has 0 aromatic heterocycles. The molecule has 106 valence electrons. The maximum Gasteiger partial charge on any atom is 0.418 e. The lowest BCUT2D eigenvalue weighted by atomic mass is 10.1. The van der Waals surface area contributed by atoms with E-state index in [1.165, 1.54) is 25.3 Å². The number of nitrogens with one attached hydrogen (secondary N) is 1. The Balaban J connectivity index is 2.36. The lowest BCUT2D eigenvalue weighted by Gasteiger charge is -2.16. The molecule has 0 radical (unpaired) electrons. The van der Waals surface area contributed by atoms with Crippen molar-refractivity contribution >= 4 is 17.1 Å². The Bertz CT molecular complexity index is 612. The summed E-state index contributed by atoms with van der Waals surface area (Å²) in [5, 5.41) is 2.70. The van der Waals surface area contributed by atoms with Crippen LogP contribution in [0.5, 0.6) is 5.75 Å². The van der Waals surface area contributed by atoms with E-state index in [1.807, 2.05) is 0 Å². The van der Waals surface area contributed by atoms with Gasteiger partial charge in [-0.2, -0.15) is 13.2 Å². The Labute approximate surface area is 114 Å². The molecule has 0 aliphatic heterocycles. The third kappa shape index (κ3) is 2.96. The topological polar surface area (TPSA) is 47.3 Å². The predicted octanol–water partition coefficient (Wildman–Crippen LogP) is 4.04. The highest BCUT2D eigenvalue weighted by atomic mass is 19.4. The van der Waals surface area contributed by atoms with Crippen molar-refractivity contribution in [3.8, 4) is 5.75 Å². The lowest BCUT2D eigenvalue weighted by Crippen LogP contribution is -2.09. The molecule has 0 heterocycles. The van der Waals surface area contributed by atoms with Crippen LogP contribution in [0.1, 0.15) is 5.56 Å². The maximum atomic E-state index is 12.9. The molecule has 0 aliphatic rings. The molecule has 6 heteroatoms. The fourth-order valence-corrected chi connectivity index (χ4v) is 1.77. The second-order valence-electron chi connectivity index (χ2n) is 4.12. The van der Waals surface area contributed by atoms with Gasteiger partial charge in [0.1, 0.15) is 5.75 Å². The zero-order chi connectivity index (χ0) is 14.8. The number of methoxy groups -OCH3 is 1. The van der Waals surface area contributed by atoms with E-state index in [9.17, 15) is 13.2 Å². The molecular formula is C14H13F3N2O. The molecule has 0 spiro atoms. The summed E-state index contributed by atoms with van der Waals surface area (Å²) >= 11 is 0. The van der Waals surface area contributed by atoms with Gasteiger partial charge < -0.3 is 15.8 Å². The van der Waals surface area contributed by atoms with Gasteiger partial charge in [-0.1, -0.05) is 12.1 Å².